The van der Waals surface area contributed by atoms with Crippen molar-refractivity contribution in [1.82, 2.24) is 0 Å². The van der Waals surface area contributed by atoms with Gasteiger partial charge < -0.3 is 0 Å². The zero-order valence-corrected chi connectivity index (χ0v) is 14.0. The van der Waals surface area contributed by atoms with E-state index in [1.807, 2.05) is 0 Å². The Labute approximate surface area is 123 Å². The lowest BCUT2D eigenvalue weighted by atomic mass is 9.73. The maximum atomic E-state index is 6.11. The Morgan fingerprint density at radius 1 is 1.38 bits per heavy atom. The summed E-state index contributed by atoms with van der Waals surface area (Å²) >= 11 is 15.2. The van der Waals surface area contributed by atoms with Gasteiger partial charge in [0.15, 0.2) is 0 Å². The molecule has 1 aromatic rings. The summed E-state index contributed by atoms with van der Waals surface area (Å²) in [7, 11) is 0. The fraction of sp³-hybridized carbons (Fsp3) is 0.667. The summed E-state index contributed by atoms with van der Waals surface area (Å²) in [6, 6.07) is 2.16. The van der Waals surface area contributed by atoms with Crippen molar-refractivity contribution >= 4 is 54.8 Å². The van der Waals surface area contributed by atoms with Crippen molar-refractivity contribution in [1.29, 1.82) is 0 Å². The van der Waals surface area contributed by atoms with E-state index in [9.17, 15) is 0 Å². The van der Waals surface area contributed by atoms with Crippen molar-refractivity contribution in [2.75, 3.05) is 0 Å². The molecule has 1 atom stereocenters. The molecule has 0 nitrogen and oxygen atoms in total. The van der Waals surface area contributed by atoms with Crippen LogP contribution in [0.5, 0.6) is 0 Å². The van der Waals surface area contributed by atoms with Crippen LogP contribution in [0.25, 0.3) is 0 Å². The topological polar surface area (TPSA) is 0 Å². The number of hydrogen-bond donors (Lipinski definition) is 0. The minimum atomic E-state index is 0.395. The maximum absolute atomic E-state index is 6.11. The van der Waals surface area contributed by atoms with Gasteiger partial charge in [-0.15, -0.1) is 11.3 Å². The molecule has 16 heavy (non-hydrogen) atoms. The number of hydrogen-bond acceptors (Lipinski definition) is 1. The van der Waals surface area contributed by atoms with E-state index < -0.39 is 0 Å². The molecule has 1 aliphatic carbocycles. The quantitative estimate of drug-likeness (QED) is 0.504. The summed E-state index contributed by atoms with van der Waals surface area (Å²) in [5.74, 6) is 0. The first-order valence-corrected chi connectivity index (χ1v) is 8.52. The van der Waals surface area contributed by atoms with Crippen molar-refractivity contribution in [3.05, 3.63) is 19.8 Å². The number of halogens is 3. The average Bonchev–Trinajstić information content (AvgIpc) is 2.59. The van der Waals surface area contributed by atoms with Gasteiger partial charge in [-0.25, -0.2) is 0 Å². The standard InChI is InChI=1S/C12H15Br2ClS/c1-12(5-3-2-4-6-12)10(14)9-7-8(13)11(15)16-9/h7,10H,2-6H2,1H3. The van der Waals surface area contributed by atoms with Crippen LogP contribution in [0.4, 0.5) is 0 Å². The van der Waals surface area contributed by atoms with Crippen LogP contribution < -0.4 is 0 Å². The molecule has 1 heterocycles. The average molecular weight is 387 g/mol. The first-order chi connectivity index (χ1) is 7.53. The van der Waals surface area contributed by atoms with Gasteiger partial charge in [0, 0.05) is 9.35 Å². The van der Waals surface area contributed by atoms with Gasteiger partial charge >= 0.3 is 0 Å². The van der Waals surface area contributed by atoms with Crippen molar-refractivity contribution in [3.63, 3.8) is 0 Å². The molecule has 90 valence electrons. The molecule has 4 heteroatoms. The summed E-state index contributed by atoms with van der Waals surface area (Å²) in [4.78, 5) is 1.79. The van der Waals surface area contributed by atoms with E-state index in [1.165, 1.54) is 37.0 Å². The van der Waals surface area contributed by atoms with Gasteiger partial charge in [0.05, 0.1) is 4.83 Å². The minimum Gasteiger partial charge on any atom is -0.126 e. The zero-order valence-electron chi connectivity index (χ0n) is 9.23. The molecule has 1 unspecified atom stereocenters. The van der Waals surface area contributed by atoms with Crippen LogP contribution in [0.3, 0.4) is 0 Å². The molecule has 0 aliphatic heterocycles. The third-order valence-corrected chi connectivity index (χ3v) is 7.96. The van der Waals surface area contributed by atoms with E-state index >= 15 is 0 Å². The predicted octanol–water partition coefficient (Wildman–Crippen LogP) is 6.57. The fourth-order valence-electron chi connectivity index (χ4n) is 2.44. The third kappa shape index (κ3) is 2.68. The Morgan fingerprint density at radius 3 is 2.50 bits per heavy atom. The van der Waals surface area contributed by atoms with Gasteiger partial charge in [0.2, 0.25) is 0 Å². The second kappa shape index (κ2) is 5.29. The van der Waals surface area contributed by atoms with Crippen LogP contribution in [0.15, 0.2) is 10.5 Å². The van der Waals surface area contributed by atoms with Crippen LogP contribution in [0.2, 0.25) is 4.34 Å². The van der Waals surface area contributed by atoms with E-state index in [1.54, 1.807) is 11.3 Å². The van der Waals surface area contributed by atoms with Gasteiger partial charge in [0.1, 0.15) is 4.34 Å². The molecule has 2 rings (SSSR count). The molecule has 0 bridgehead atoms. The van der Waals surface area contributed by atoms with Crippen LogP contribution in [0, 0.1) is 5.41 Å². The van der Waals surface area contributed by atoms with Crippen molar-refractivity contribution in [2.24, 2.45) is 5.41 Å². The Hall–Kier alpha value is 0.950. The molecule has 1 aliphatic rings. The molecule has 0 amide bonds. The SMILES string of the molecule is CC1(C(Br)c2cc(Br)c(Cl)s2)CCCCC1. The van der Waals surface area contributed by atoms with E-state index in [4.69, 9.17) is 11.6 Å². The molecule has 1 saturated carbocycles. The molecule has 1 aromatic heterocycles. The number of rotatable bonds is 2. The van der Waals surface area contributed by atoms with E-state index in [0.717, 1.165) is 8.81 Å². The summed E-state index contributed by atoms with van der Waals surface area (Å²) in [6.07, 6.45) is 6.74. The second-order valence-electron chi connectivity index (χ2n) is 4.85. The fourth-order valence-corrected chi connectivity index (χ4v) is 5.21. The Bertz CT molecular complexity index is 350. The Kier molecular flexibility index (Phi) is 4.43. The van der Waals surface area contributed by atoms with Gasteiger partial charge in [-0.3, -0.25) is 0 Å². The maximum Gasteiger partial charge on any atom is 0.107 e. The van der Waals surface area contributed by atoms with Crippen molar-refractivity contribution in [3.8, 4) is 0 Å². The van der Waals surface area contributed by atoms with Crippen LogP contribution >= 0.6 is 54.8 Å². The summed E-state index contributed by atoms with van der Waals surface area (Å²) in [5.41, 5.74) is 0.395. The van der Waals surface area contributed by atoms with Gasteiger partial charge in [-0.2, -0.15) is 0 Å². The molecular formula is C12H15Br2ClS. The van der Waals surface area contributed by atoms with E-state index in [2.05, 4.69) is 44.8 Å². The monoisotopic (exact) mass is 384 g/mol. The van der Waals surface area contributed by atoms with Gasteiger partial charge in [0.25, 0.3) is 0 Å². The van der Waals surface area contributed by atoms with E-state index in [0.29, 0.717) is 10.2 Å². The number of alkyl halides is 1. The second-order valence-corrected chi connectivity index (χ2v) is 8.30. The molecule has 0 aromatic carbocycles. The molecular weight excluding hydrogens is 371 g/mol. The van der Waals surface area contributed by atoms with Crippen LogP contribution in [-0.4, -0.2) is 0 Å². The van der Waals surface area contributed by atoms with Gasteiger partial charge in [-0.1, -0.05) is 53.7 Å². The lowest BCUT2D eigenvalue weighted by Crippen LogP contribution is -2.24. The summed E-state index contributed by atoms with van der Waals surface area (Å²) in [5, 5.41) is 0. The highest BCUT2D eigenvalue weighted by molar-refractivity contribution is 9.10. The minimum absolute atomic E-state index is 0.395. The van der Waals surface area contributed by atoms with Gasteiger partial charge in [-0.05, 0) is 40.3 Å². The highest BCUT2D eigenvalue weighted by atomic mass is 79.9. The largest absolute Gasteiger partial charge is 0.126 e. The number of thiophene rings is 1. The Balaban J connectivity index is 2.20. The molecule has 1 fully saturated rings. The molecule has 0 spiro atoms. The summed E-state index contributed by atoms with van der Waals surface area (Å²) in [6.45, 7) is 2.40. The summed E-state index contributed by atoms with van der Waals surface area (Å²) < 4.78 is 1.89. The van der Waals surface area contributed by atoms with Crippen LogP contribution in [-0.2, 0) is 0 Å². The third-order valence-electron chi connectivity index (χ3n) is 3.52. The zero-order chi connectivity index (χ0) is 11.8. The first-order valence-electron chi connectivity index (χ1n) is 5.62. The lowest BCUT2D eigenvalue weighted by molar-refractivity contribution is 0.214. The Morgan fingerprint density at radius 2 is 2.00 bits per heavy atom. The van der Waals surface area contributed by atoms with Crippen molar-refractivity contribution in [2.45, 2.75) is 43.9 Å². The first kappa shape index (κ1) is 13.4. The highest BCUT2D eigenvalue weighted by Crippen LogP contribution is 2.52. The lowest BCUT2D eigenvalue weighted by Gasteiger charge is -2.37. The molecule has 0 N–H and O–H groups in total. The predicted molar refractivity (Wildman–Crippen MR) is 79.9 cm³/mol. The van der Waals surface area contributed by atoms with Crippen molar-refractivity contribution < 1.29 is 0 Å². The smallest absolute Gasteiger partial charge is 0.107 e. The highest BCUT2D eigenvalue weighted by Gasteiger charge is 2.35. The van der Waals surface area contributed by atoms with E-state index in [-0.39, 0.29) is 0 Å². The normalized spacial score (nSPS) is 22.0. The van der Waals surface area contributed by atoms with Crippen LogP contribution in [0.1, 0.15) is 48.7 Å². The molecule has 0 saturated heterocycles. The molecule has 0 radical (unpaired) electrons.